The number of hydrogen-bond donors (Lipinski definition) is 0. The van der Waals surface area contributed by atoms with Gasteiger partial charge in [0.1, 0.15) is 11.5 Å². The normalized spacial score (nSPS) is 23.8. The van der Waals surface area contributed by atoms with Gasteiger partial charge in [0.05, 0.1) is 18.0 Å². The van der Waals surface area contributed by atoms with E-state index in [1.165, 1.54) is 44.8 Å². The number of benzene rings is 2. The van der Waals surface area contributed by atoms with Crippen LogP contribution in [0.4, 0.5) is 5.69 Å². The smallest absolute Gasteiger partial charge is 0.130 e. The Balaban J connectivity index is 1.20. The van der Waals surface area contributed by atoms with E-state index < -0.39 is 0 Å². The molecule has 1 aromatic heterocycles. The highest BCUT2D eigenvalue weighted by atomic mass is 16.3. The third kappa shape index (κ3) is 3.78. The van der Waals surface area contributed by atoms with Gasteiger partial charge in [-0.1, -0.05) is 85.8 Å². The lowest BCUT2D eigenvalue weighted by Gasteiger charge is -2.34. The first-order valence-corrected chi connectivity index (χ1v) is 14.9. The Hall–Kier alpha value is -4.55. The maximum absolute atomic E-state index is 9.55. The van der Waals surface area contributed by atoms with Crippen molar-refractivity contribution >= 4 is 29.0 Å². The minimum atomic E-state index is 0.189. The highest BCUT2D eigenvalue weighted by Crippen LogP contribution is 2.53. The van der Waals surface area contributed by atoms with Crippen molar-refractivity contribution in [2.75, 3.05) is 4.90 Å². The number of anilines is 1. The third-order valence-corrected chi connectivity index (χ3v) is 9.48. The summed E-state index contributed by atoms with van der Waals surface area (Å²) in [5.74, 6) is 2.65. The Bertz CT molecular complexity index is 1800. The number of allylic oxidation sites excluding steroid dienone is 9. The van der Waals surface area contributed by atoms with Crippen molar-refractivity contribution in [3.63, 3.8) is 0 Å². The predicted molar refractivity (Wildman–Crippen MR) is 167 cm³/mol. The molecule has 2 aromatic carbocycles. The summed E-state index contributed by atoms with van der Waals surface area (Å²) in [5, 5.41) is 9.55. The summed E-state index contributed by atoms with van der Waals surface area (Å²) in [4.78, 5) is 2.59. The van der Waals surface area contributed by atoms with Gasteiger partial charge in [0.25, 0.3) is 0 Å². The van der Waals surface area contributed by atoms with Crippen LogP contribution in [0.3, 0.4) is 0 Å². The van der Waals surface area contributed by atoms with Crippen molar-refractivity contribution < 1.29 is 4.42 Å². The van der Waals surface area contributed by atoms with E-state index in [4.69, 9.17) is 4.42 Å². The number of rotatable bonds is 3. The molecule has 0 saturated heterocycles. The van der Waals surface area contributed by atoms with E-state index in [9.17, 15) is 5.26 Å². The number of hydrogen-bond acceptors (Lipinski definition) is 3. The maximum atomic E-state index is 9.55. The lowest BCUT2D eigenvalue weighted by atomic mass is 9.84. The summed E-state index contributed by atoms with van der Waals surface area (Å²) in [6.07, 6.45) is 23.2. The molecule has 0 bridgehead atoms. The van der Waals surface area contributed by atoms with E-state index in [0.717, 1.165) is 54.8 Å². The van der Waals surface area contributed by atoms with Gasteiger partial charge in [0.2, 0.25) is 0 Å². The van der Waals surface area contributed by atoms with Gasteiger partial charge < -0.3 is 9.32 Å². The van der Waals surface area contributed by atoms with Crippen molar-refractivity contribution in [1.29, 1.82) is 5.26 Å². The fraction of sp³-hybridized carbons (Fsp3) is 0.237. The molecule has 8 rings (SSSR count). The van der Waals surface area contributed by atoms with Crippen LogP contribution in [0.5, 0.6) is 0 Å². The minimum Gasteiger partial charge on any atom is -0.460 e. The zero-order valence-corrected chi connectivity index (χ0v) is 23.3. The van der Waals surface area contributed by atoms with Crippen molar-refractivity contribution in [3.8, 4) is 6.07 Å². The zero-order valence-electron chi connectivity index (χ0n) is 23.3. The van der Waals surface area contributed by atoms with E-state index in [1.807, 2.05) is 0 Å². The molecule has 1 aliphatic heterocycles. The molecule has 0 spiro atoms. The highest BCUT2D eigenvalue weighted by Gasteiger charge is 2.45. The standard InChI is InChI=1S/C38H32N2O/c1-24-14-15-27(22-28(24)23-39)25-16-18-26(19-17-25)29-8-2-5-11-33(29)40-34-12-6-3-10-32(34)37-35(40)21-20-31-30-9-4-7-13-36(30)41-38(31)37/h2-3,6-8,10,12-13,15-22,24,35,37H,4-5,9,11,14H2,1H3. The fourth-order valence-corrected chi connectivity index (χ4v) is 7.37. The van der Waals surface area contributed by atoms with Gasteiger partial charge >= 0.3 is 0 Å². The monoisotopic (exact) mass is 532 g/mol. The van der Waals surface area contributed by atoms with Gasteiger partial charge in [0, 0.05) is 33.7 Å². The molecule has 41 heavy (non-hydrogen) atoms. The molecular weight excluding hydrogens is 500 g/mol. The number of fused-ring (bicyclic) bond motifs is 7. The van der Waals surface area contributed by atoms with Crippen LogP contribution in [-0.2, 0) is 6.42 Å². The lowest BCUT2D eigenvalue weighted by Crippen LogP contribution is -2.34. The summed E-state index contributed by atoms with van der Waals surface area (Å²) < 4.78 is 6.61. The Morgan fingerprint density at radius 3 is 2.61 bits per heavy atom. The zero-order chi connectivity index (χ0) is 27.5. The van der Waals surface area contributed by atoms with Crippen LogP contribution >= 0.6 is 0 Å². The Morgan fingerprint density at radius 1 is 0.927 bits per heavy atom. The fourth-order valence-electron chi connectivity index (χ4n) is 7.37. The molecule has 0 saturated carbocycles. The molecule has 3 nitrogen and oxygen atoms in total. The quantitative estimate of drug-likeness (QED) is 0.338. The Labute approximate surface area is 241 Å². The topological polar surface area (TPSA) is 40.2 Å². The summed E-state index contributed by atoms with van der Waals surface area (Å²) in [6.45, 7) is 2.12. The number of para-hydroxylation sites is 1. The predicted octanol–water partition coefficient (Wildman–Crippen LogP) is 9.22. The van der Waals surface area contributed by atoms with Gasteiger partial charge in [-0.05, 0) is 78.5 Å². The van der Waals surface area contributed by atoms with Crippen molar-refractivity contribution in [2.24, 2.45) is 5.92 Å². The van der Waals surface area contributed by atoms with Crippen LogP contribution in [0, 0.1) is 17.2 Å². The molecule has 200 valence electrons. The highest BCUT2D eigenvalue weighted by molar-refractivity contribution is 5.86. The first kappa shape index (κ1) is 24.3. The molecule has 4 aliphatic carbocycles. The molecular formula is C38H32N2O. The second-order valence-corrected chi connectivity index (χ2v) is 11.8. The molecule has 5 aliphatic rings. The largest absolute Gasteiger partial charge is 0.460 e. The van der Waals surface area contributed by atoms with Crippen molar-refractivity contribution in [2.45, 2.75) is 51.0 Å². The Morgan fingerprint density at radius 2 is 1.73 bits per heavy atom. The van der Waals surface area contributed by atoms with Crippen LogP contribution in [0.2, 0.25) is 0 Å². The number of nitriles is 1. The molecule has 0 N–H and O–H groups in total. The average molecular weight is 533 g/mol. The lowest BCUT2D eigenvalue weighted by molar-refractivity contribution is 0.464. The van der Waals surface area contributed by atoms with Gasteiger partial charge in [0.15, 0.2) is 0 Å². The molecule has 3 aromatic rings. The number of nitrogens with zero attached hydrogens (tertiary/aromatic N) is 2. The second kappa shape index (κ2) is 9.53. The van der Waals surface area contributed by atoms with Crippen LogP contribution in [0.25, 0.3) is 23.3 Å². The Kier molecular flexibility index (Phi) is 5.64. The van der Waals surface area contributed by atoms with Crippen LogP contribution in [0.15, 0.2) is 101 Å². The van der Waals surface area contributed by atoms with E-state index in [2.05, 4.69) is 115 Å². The summed E-state index contributed by atoms with van der Waals surface area (Å²) in [7, 11) is 0. The van der Waals surface area contributed by atoms with E-state index >= 15 is 0 Å². The molecule has 0 fully saturated rings. The molecule has 3 atom stereocenters. The maximum Gasteiger partial charge on any atom is 0.130 e. The van der Waals surface area contributed by atoms with Crippen molar-refractivity contribution in [1.82, 2.24) is 0 Å². The van der Waals surface area contributed by atoms with Crippen LogP contribution in [-0.4, -0.2) is 6.04 Å². The van der Waals surface area contributed by atoms with Crippen molar-refractivity contribution in [3.05, 3.63) is 136 Å². The second-order valence-electron chi connectivity index (χ2n) is 11.8. The molecule has 0 radical (unpaired) electrons. The molecule has 3 heteroatoms. The summed E-state index contributed by atoms with van der Waals surface area (Å²) >= 11 is 0. The number of furan rings is 1. The first-order chi connectivity index (χ1) is 20.2. The third-order valence-electron chi connectivity index (χ3n) is 9.48. The average Bonchev–Trinajstić information content (AvgIpc) is 3.57. The molecule has 0 amide bonds. The SMILES string of the molecule is CC1CC=C(c2ccc(C3=C(N4c5ccccc5C5c6oc7c(c6C=CC54)CCC=C7)CCC=C3)cc2)C=C1C#N. The minimum absolute atomic E-state index is 0.189. The van der Waals surface area contributed by atoms with Gasteiger partial charge in [-0.15, -0.1) is 0 Å². The van der Waals surface area contributed by atoms with E-state index in [0.29, 0.717) is 5.92 Å². The summed E-state index contributed by atoms with van der Waals surface area (Å²) in [6, 6.07) is 20.4. The summed E-state index contributed by atoms with van der Waals surface area (Å²) in [5.41, 5.74) is 12.4. The van der Waals surface area contributed by atoms with E-state index in [-0.39, 0.29) is 12.0 Å². The van der Waals surface area contributed by atoms with Gasteiger partial charge in [-0.25, -0.2) is 0 Å². The van der Waals surface area contributed by atoms with Gasteiger partial charge in [-0.2, -0.15) is 5.26 Å². The van der Waals surface area contributed by atoms with Crippen LogP contribution in [0.1, 0.15) is 77.9 Å². The molecule has 2 heterocycles. The van der Waals surface area contributed by atoms with Gasteiger partial charge in [-0.3, -0.25) is 0 Å². The molecule has 3 unspecified atom stereocenters. The van der Waals surface area contributed by atoms with Crippen LogP contribution < -0.4 is 4.90 Å². The first-order valence-electron chi connectivity index (χ1n) is 14.9. The van der Waals surface area contributed by atoms with E-state index in [1.54, 1.807) is 0 Å².